The van der Waals surface area contributed by atoms with Crippen molar-refractivity contribution in [2.75, 3.05) is 10.5 Å². The first-order valence-electron chi connectivity index (χ1n) is 7.65. The van der Waals surface area contributed by atoms with E-state index in [9.17, 15) is 26.0 Å². The summed E-state index contributed by atoms with van der Waals surface area (Å²) >= 11 is 0. The van der Waals surface area contributed by atoms with Gasteiger partial charge in [0.1, 0.15) is 11.6 Å². The molecule has 0 atom stereocenters. The summed E-state index contributed by atoms with van der Waals surface area (Å²) in [5.41, 5.74) is 5.32. The van der Waals surface area contributed by atoms with E-state index >= 15 is 0 Å². The van der Waals surface area contributed by atoms with Crippen LogP contribution in [-0.2, 0) is 16.2 Å². The molecule has 3 aromatic rings. The van der Waals surface area contributed by atoms with E-state index in [0.717, 1.165) is 12.1 Å². The molecule has 6 nitrogen and oxygen atoms in total. The van der Waals surface area contributed by atoms with E-state index in [-0.39, 0.29) is 22.4 Å². The minimum Gasteiger partial charge on any atom is -0.368 e. The highest BCUT2D eigenvalue weighted by atomic mass is 32.2. The highest BCUT2D eigenvalue weighted by Crippen LogP contribution is 2.30. The number of benzene rings is 2. The third-order valence-corrected chi connectivity index (χ3v) is 4.98. The van der Waals surface area contributed by atoms with Crippen LogP contribution < -0.4 is 10.5 Å². The van der Waals surface area contributed by atoms with Crippen LogP contribution in [0.5, 0.6) is 0 Å². The normalized spacial score (nSPS) is 12.0. The average Bonchev–Trinajstić information content (AvgIpc) is 2.61. The maximum atomic E-state index is 13.1. The predicted molar refractivity (Wildman–Crippen MR) is 94.1 cm³/mol. The van der Waals surface area contributed by atoms with Gasteiger partial charge in [-0.2, -0.15) is 18.2 Å². The van der Waals surface area contributed by atoms with Crippen LogP contribution in [0.1, 0.15) is 5.56 Å². The Bertz CT molecular complexity index is 1100. The molecule has 0 aliphatic rings. The van der Waals surface area contributed by atoms with E-state index in [0.29, 0.717) is 17.7 Å². The molecule has 3 rings (SSSR count). The van der Waals surface area contributed by atoms with Gasteiger partial charge in [-0.1, -0.05) is 0 Å². The van der Waals surface area contributed by atoms with Crippen molar-refractivity contribution in [3.63, 3.8) is 0 Å². The fourth-order valence-electron chi connectivity index (χ4n) is 2.31. The maximum Gasteiger partial charge on any atom is 0.416 e. The Kier molecular flexibility index (Phi) is 4.94. The molecular formula is C17H12F4N4O2S. The minimum atomic E-state index is -4.58. The first kappa shape index (κ1) is 19.5. The summed E-state index contributed by atoms with van der Waals surface area (Å²) in [7, 11) is -4.22. The smallest absolute Gasteiger partial charge is 0.368 e. The highest BCUT2D eigenvalue weighted by Gasteiger charge is 2.30. The number of hydrogen-bond donors (Lipinski definition) is 2. The minimum absolute atomic E-state index is 0.188. The van der Waals surface area contributed by atoms with Gasteiger partial charge in [-0.3, -0.25) is 4.72 Å². The van der Waals surface area contributed by atoms with E-state index in [1.807, 2.05) is 0 Å². The van der Waals surface area contributed by atoms with E-state index in [1.54, 1.807) is 0 Å². The molecule has 0 amide bonds. The van der Waals surface area contributed by atoms with Crippen LogP contribution in [0, 0.1) is 5.82 Å². The first-order valence-corrected chi connectivity index (χ1v) is 9.13. The fourth-order valence-corrected chi connectivity index (χ4v) is 3.30. The topological polar surface area (TPSA) is 98.0 Å². The second kappa shape index (κ2) is 7.08. The van der Waals surface area contributed by atoms with Crippen molar-refractivity contribution in [2.24, 2.45) is 0 Å². The maximum absolute atomic E-state index is 13.1. The number of rotatable bonds is 4. The molecule has 2 aromatic carbocycles. The van der Waals surface area contributed by atoms with Gasteiger partial charge in [0, 0.05) is 11.6 Å². The van der Waals surface area contributed by atoms with Crippen LogP contribution >= 0.6 is 0 Å². The largest absolute Gasteiger partial charge is 0.416 e. The van der Waals surface area contributed by atoms with Gasteiger partial charge >= 0.3 is 6.18 Å². The number of aromatic nitrogens is 2. The lowest BCUT2D eigenvalue weighted by Gasteiger charge is -2.11. The molecule has 3 N–H and O–H groups in total. The van der Waals surface area contributed by atoms with Crippen LogP contribution in [-0.4, -0.2) is 18.4 Å². The zero-order valence-corrected chi connectivity index (χ0v) is 14.7. The number of halogens is 4. The summed E-state index contributed by atoms with van der Waals surface area (Å²) in [4.78, 5) is 7.34. The average molecular weight is 412 g/mol. The molecule has 11 heteroatoms. The SMILES string of the molecule is Nc1nc(NS(=O)(=O)c2ccc(C(F)(F)F)cc2)cc(-c2ccc(F)cc2)n1. The zero-order valence-electron chi connectivity index (χ0n) is 13.9. The van der Waals surface area contributed by atoms with Crippen LogP contribution in [0.3, 0.4) is 0 Å². The molecule has 0 radical (unpaired) electrons. The number of nitrogens with one attached hydrogen (secondary N) is 1. The van der Waals surface area contributed by atoms with Gasteiger partial charge in [0.15, 0.2) is 0 Å². The molecule has 1 aromatic heterocycles. The third kappa shape index (κ3) is 4.36. The highest BCUT2D eigenvalue weighted by molar-refractivity contribution is 7.92. The van der Waals surface area contributed by atoms with Crippen molar-refractivity contribution in [3.8, 4) is 11.3 Å². The van der Waals surface area contributed by atoms with Crippen molar-refractivity contribution >= 4 is 21.8 Å². The first-order chi connectivity index (χ1) is 13.0. The van der Waals surface area contributed by atoms with Crippen molar-refractivity contribution in [2.45, 2.75) is 11.1 Å². The molecule has 28 heavy (non-hydrogen) atoms. The second-order valence-corrected chi connectivity index (χ2v) is 7.31. The lowest BCUT2D eigenvalue weighted by Crippen LogP contribution is -2.15. The van der Waals surface area contributed by atoms with Gasteiger partial charge < -0.3 is 5.73 Å². The molecular weight excluding hydrogens is 400 g/mol. The van der Waals surface area contributed by atoms with E-state index < -0.39 is 27.6 Å². The quantitative estimate of drug-likeness (QED) is 0.637. The van der Waals surface area contributed by atoms with Crippen molar-refractivity contribution in [1.29, 1.82) is 0 Å². The number of anilines is 2. The summed E-state index contributed by atoms with van der Waals surface area (Å²) in [6.07, 6.45) is -4.58. The van der Waals surface area contributed by atoms with Crippen molar-refractivity contribution in [1.82, 2.24) is 9.97 Å². The van der Waals surface area contributed by atoms with Crippen LogP contribution in [0.4, 0.5) is 29.3 Å². The van der Waals surface area contributed by atoms with Gasteiger partial charge in [-0.15, -0.1) is 0 Å². The number of alkyl halides is 3. The second-order valence-electron chi connectivity index (χ2n) is 5.63. The summed E-state index contributed by atoms with van der Waals surface area (Å²) < 4.78 is 77.9. The van der Waals surface area contributed by atoms with Crippen molar-refractivity contribution in [3.05, 3.63) is 66.0 Å². The van der Waals surface area contributed by atoms with Gasteiger partial charge in [0.25, 0.3) is 10.0 Å². The van der Waals surface area contributed by atoms with Gasteiger partial charge in [0.05, 0.1) is 16.2 Å². The summed E-state index contributed by atoms with van der Waals surface area (Å²) in [5.74, 6) is -0.896. The molecule has 0 fully saturated rings. The molecule has 0 saturated heterocycles. The number of sulfonamides is 1. The predicted octanol–water partition coefficient (Wildman–Crippen LogP) is 3.68. The van der Waals surface area contributed by atoms with Gasteiger partial charge in [0.2, 0.25) is 5.95 Å². The molecule has 0 spiro atoms. The van der Waals surface area contributed by atoms with E-state index in [2.05, 4.69) is 14.7 Å². The van der Waals surface area contributed by atoms with E-state index in [4.69, 9.17) is 5.73 Å². The summed E-state index contributed by atoms with van der Waals surface area (Å²) in [5, 5.41) is 0. The van der Waals surface area contributed by atoms with Gasteiger partial charge in [-0.25, -0.2) is 17.8 Å². The molecule has 146 valence electrons. The summed E-state index contributed by atoms with van der Waals surface area (Å²) in [6.45, 7) is 0. The van der Waals surface area contributed by atoms with Crippen LogP contribution in [0.15, 0.2) is 59.5 Å². The number of nitrogens with zero attached hydrogens (tertiary/aromatic N) is 2. The number of nitrogen functional groups attached to an aromatic ring is 1. The van der Waals surface area contributed by atoms with Crippen LogP contribution in [0.2, 0.25) is 0 Å². The molecule has 0 unspecified atom stereocenters. The lowest BCUT2D eigenvalue weighted by molar-refractivity contribution is -0.137. The number of hydrogen-bond acceptors (Lipinski definition) is 5. The third-order valence-electron chi connectivity index (χ3n) is 3.61. The molecule has 0 aliphatic heterocycles. The monoisotopic (exact) mass is 412 g/mol. The molecule has 0 aliphatic carbocycles. The standard InChI is InChI=1S/C17H12F4N4O2S/c18-12-5-1-10(2-6-12)14-9-15(24-16(22)23-14)25-28(26,27)13-7-3-11(4-8-13)17(19,20)21/h1-9H,(H3,22,23,24,25). The van der Waals surface area contributed by atoms with Crippen LogP contribution in [0.25, 0.3) is 11.3 Å². The van der Waals surface area contributed by atoms with E-state index in [1.165, 1.54) is 30.3 Å². The Morgan fingerprint density at radius 1 is 0.929 bits per heavy atom. The Balaban J connectivity index is 1.91. The van der Waals surface area contributed by atoms with Gasteiger partial charge in [-0.05, 0) is 48.5 Å². The zero-order chi connectivity index (χ0) is 20.5. The molecule has 1 heterocycles. The number of nitrogens with two attached hydrogens (primary N) is 1. The Labute approximate surface area is 157 Å². The Hall–Kier alpha value is -3.21. The summed E-state index contributed by atoms with van der Waals surface area (Å²) in [6, 6.07) is 9.48. The molecule has 0 bridgehead atoms. The Morgan fingerprint density at radius 3 is 2.11 bits per heavy atom. The van der Waals surface area contributed by atoms with Crippen molar-refractivity contribution < 1.29 is 26.0 Å². The molecule has 0 saturated carbocycles. The Morgan fingerprint density at radius 2 is 1.54 bits per heavy atom. The lowest BCUT2D eigenvalue weighted by atomic mass is 10.1. The fraction of sp³-hybridized carbons (Fsp3) is 0.0588.